The quantitative estimate of drug-likeness (QED) is 0.559. The fraction of sp³-hybridized carbons (Fsp3) is 0.423. The van der Waals surface area contributed by atoms with E-state index < -0.39 is 0 Å². The maximum atomic E-state index is 13.0. The number of rotatable bonds is 5. The molecule has 1 aliphatic rings. The van der Waals surface area contributed by atoms with Gasteiger partial charge in [0.05, 0.1) is 6.04 Å². The van der Waals surface area contributed by atoms with Crippen molar-refractivity contribution in [2.75, 3.05) is 0 Å². The van der Waals surface area contributed by atoms with Gasteiger partial charge in [-0.15, -0.1) is 0 Å². The van der Waals surface area contributed by atoms with E-state index in [1.165, 1.54) is 35.0 Å². The Morgan fingerprint density at radius 1 is 1.14 bits per heavy atom. The van der Waals surface area contributed by atoms with Gasteiger partial charge in [0, 0.05) is 23.3 Å². The number of aromatic nitrogens is 1. The highest BCUT2D eigenvalue weighted by Crippen LogP contribution is 2.33. The van der Waals surface area contributed by atoms with Crippen molar-refractivity contribution in [3.63, 3.8) is 0 Å². The largest absolute Gasteiger partial charge is 0.346 e. The summed E-state index contributed by atoms with van der Waals surface area (Å²) in [6.07, 6.45) is 2.65. The van der Waals surface area contributed by atoms with Crippen LogP contribution in [0, 0.1) is 12.8 Å². The number of carbonyl (C=O) groups excluding carboxylic acids is 1. The van der Waals surface area contributed by atoms with Crippen LogP contribution in [0.2, 0.25) is 0 Å². The number of amides is 1. The summed E-state index contributed by atoms with van der Waals surface area (Å²) in [6.45, 7) is 11.9. The van der Waals surface area contributed by atoms with Crippen LogP contribution in [-0.2, 0) is 12.0 Å². The van der Waals surface area contributed by atoms with Crippen LogP contribution in [0.5, 0.6) is 0 Å². The molecule has 0 radical (unpaired) electrons. The second-order valence-corrected chi connectivity index (χ2v) is 9.68. The second-order valence-electron chi connectivity index (χ2n) is 9.68. The Kier molecular flexibility index (Phi) is 5.02. The molecule has 4 rings (SSSR count). The molecule has 1 saturated carbocycles. The van der Waals surface area contributed by atoms with E-state index in [0.29, 0.717) is 0 Å². The van der Waals surface area contributed by atoms with E-state index in [9.17, 15) is 4.79 Å². The molecular formula is C26H32N2O. The highest BCUT2D eigenvalue weighted by atomic mass is 16.1. The highest BCUT2D eigenvalue weighted by Gasteiger charge is 2.23. The number of benzene rings is 2. The second kappa shape index (κ2) is 7.37. The standard InChI is InChI=1S/C26H32N2O/c1-17-13-21-11-12-22(15-24(21)28(17)16-19-9-10-19)25(29)27-18(2)20-7-6-8-23(14-20)26(3,4)5/h6-8,11-15,18-19H,9-10,16H2,1-5H3,(H,27,29)/t18-/m0/s1. The molecule has 0 bridgehead atoms. The van der Waals surface area contributed by atoms with Crippen LogP contribution in [0.4, 0.5) is 0 Å². The first-order valence-electron chi connectivity index (χ1n) is 10.7. The van der Waals surface area contributed by atoms with E-state index >= 15 is 0 Å². The molecule has 152 valence electrons. The number of nitrogens with zero attached hydrogens (tertiary/aromatic N) is 1. The van der Waals surface area contributed by atoms with Gasteiger partial charge >= 0.3 is 0 Å². The Bertz CT molecular complexity index is 1050. The minimum absolute atomic E-state index is 0.0163. The smallest absolute Gasteiger partial charge is 0.251 e. The van der Waals surface area contributed by atoms with Crippen LogP contribution in [0.3, 0.4) is 0 Å². The Labute approximate surface area is 174 Å². The number of carbonyl (C=O) groups is 1. The summed E-state index contributed by atoms with van der Waals surface area (Å²) in [5.74, 6) is 0.786. The molecule has 0 saturated heterocycles. The lowest BCUT2D eigenvalue weighted by Crippen LogP contribution is -2.27. The summed E-state index contributed by atoms with van der Waals surface area (Å²) < 4.78 is 2.38. The topological polar surface area (TPSA) is 34.0 Å². The molecule has 0 aliphatic heterocycles. The molecule has 1 amide bonds. The maximum Gasteiger partial charge on any atom is 0.251 e. The third kappa shape index (κ3) is 4.24. The summed E-state index contributed by atoms with van der Waals surface area (Å²) in [5.41, 5.74) is 5.69. The van der Waals surface area contributed by atoms with Crippen molar-refractivity contribution in [3.8, 4) is 0 Å². The summed E-state index contributed by atoms with van der Waals surface area (Å²) in [4.78, 5) is 13.0. The molecule has 1 aromatic heterocycles. The minimum atomic E-state index is -0.0412. The number of fused-ring (bicyclic) bond motifs is 1. The molecule has 2 aromatic carbocycles. The SMILES string of the molecule is Cc1cc2ccc(C(=O)N[C@@H](C)c3cccc(C(C)(C)C)c3)cc2n1CC1CC1. The summed E-state index contributed by atoms with van der Waals surface area (Å²) in [6, 6.07) is 16.8. The van der Waals surface area contributed by atoms with Crippen molar-refractivity contribution in [2.45, 2.75) is 65.5 Å². The molecule has 1 atom stereocenters. The maximum absolute atomic E-state index is 13.0. The first kappa shape index (κ1) is 19.8. The van der Waals surface area contributed by atoms with Crippen LogP contribution >= 0.6 is 0 Å². The fourth-order valence-electron chi connectivity index (χ4n) is 3.97. The van der Waals surface area contributed by atoms with Gasteiger partial charge in [-0.05, 0) is 72.7 Å². The van der Waals surface area contributed by atoms with Gasteiger partial charge in [-0.1, -0.05) is 51.1 Å². The van der Waals surface area contributed by atoms with E-state index in [2.05, 4.69) is 87.0 Å². The predicted octanol–water partition coefficient (Wildman–Crippen LogP) is 6.15. The monoisotopic (exact) mass is 388 g/mol. The number of hydrogen-bond acceptors (Lipinski definition) is 1. The van der Waals surface area contributed by atoms with Gasteiger partial charge in [-0.25, -0.2) is 0 Å². The molecule has 1 N–H and O–H groups in total. The molecule has 29 heavy (non-hydrogen) atoms. The van der Waals surface area contributed by atoms with E-state index in [0.717, 1.165) is 23.6 Å². The lowest BCUT2D eigenvalue weighted by atomic mass is 9.85. The average Bonchev–Trinajstić information content (AvgIpc) is 3.44. The van der Waals surface area contributed by atoms with Crippen LogP contribution in [0.25, 0.3) is 10.9 Å². The van der Waals surface area contributed by atoms with Crippen LogP contribution in [-0.4, -0.2) is 10.5 Å². The van der Waals surface area contributed by atoms with Gasteiger partial charge in [0.25, 0.3) is 5.91 Å². The minimum Gasteiger partial charge on any atom is -0.346 e. The number of aryl methyl sites for hydroxylation is 1. The van der Waals surface area contributed by atoms with Crippen molar-refractivity contribution in [3.05, 3.63) is 70.9 Å². The zero-order valence-electron chi connectivity index (χ0n) is 18.3. The zero-order valence-corrected chi connectivity index (χ0v) is 18.3. The number of nitrogens with one attached hydrogen (secondary N) is 1. The summed E-state index contributed by atoms with van der Waals surface area (Å²) >= 11 is 0. The van der Waals surface area contributed by atoms with Crippen molar-refractivity contribution in [2.24, 2.45) is 5.92 Å². The molecule has 1 aliphatic carbocycles. The third-order valence-corrected chi connectivity index (χ3v) is 6.11. The van der Waals surface area contributed by atoms with Crippen LogP contribution in [0.1, 0.15) is 73.8 Å². The Morgan fingerprint density at radius 3 is 2.59 bits per heavy atom. The molecule has 3 nitrogen and oxygen atoms in total. The fourth-order valence-corrected chi connectivity index (χ4v) is 3.97. The van der Waals surface area contributed by atoms with Crippen molar-refractivity contribution >= 4 is 16.8 Å². The summed E-state index contributed by atoms with van der Waals surface area (Å²) in [5, 5.41) is 4.40. The van der Waals surface area contributed by atoms with E-state index in [1.807, 2.05) is 6.07 Å². The first-order valence-corrected chi connectivity index (χ1v) is 10.7. The molecule has 0 spiro atoms. The van der Waals surface area contributed by atoms with Gasteiger partial charge in [-0.3, -0.25) is 4.79 Å². The van der Waals surface area contributed by atoms with Gasteiger partial charge < -0.3 is 9.88 Å². The molecule has 1 fully saturated rings. The van der Waals surface area contributed by atoms with Gasteiger partial charge in [0.15, 0.2) is 0 Å². The van der Waals surface area contributed by atoms with Crippen molar-refractivity contribution in [1.82, 2.24) is 9.88 Å². The summed E-state index contributed by atoms with van der Waals surface area (Å²) in [7, 11) is 0. The zero-order chi connectivity index (χ0) is 20.8. The Hall–Kier alpha value is -2.55. The van der Waals surface area contributed by atoms with Crippen molar-refractivity contribution in [1.29, 1.82) is 0 Å². The van der Waals surface area contributed by atoms with Gasteiger partial charge in [-0.2, -0.15) is 0 Å². The average molecular weight is 389 g/mol. The van der Waals surface area contributed by atoms with E-state index in [4.69, 9.17) is 0 Å². The lowest BCUT2D eigenvalue weighted by Gasteiger charge is -2.22. The van der Waals surface area contributed by atoms with E-state index in [1.54, 1.807) is 0 Å². The van der Waals surface area contributed by atoms with Crippen LogP contribution in [0.15, 0.2) is 48.5 Å². The molecular weight excluding hydrogens is 356 g/mol. The third-order valence-electron chi connectivity index (χ3n) is 6.11. The first-order chi connectivity index (χ1) is 13.7. The van der Waals surface area contributed by atoms with Crippen LogP contribution < -0.4 is 5.32 Å². The van der Waals surface area contributed by atoms with E-state index in [-0.39, 0.29) is 17.4 Å². The lowest BCUT2D eigenvalue weighted by molar-refractivity contribution is 0.0940. The molecule has 0 unspecified atom stereocenters. The molecule has 3 aromatic rings. The Morgan fingerprint density at radius 2 is 1.90 bits per heavy atom. The van der Waals surface area contributed by atoms with Gasteiger partial charge in [0.1, 0.15) is 0 Å². The molecule has 3 heteroatoms. The molecule has 1 heterocycles. The normalized spacial score (nSPS) is 15.5. The predicted molar refractivity (Wildman–Crippen MR) is 120 cm³/mol. The highest BCUT2D eigenvalue weighted by molar-refractivity contribution is 5.98. The van der Waals surface area contributed by atoms with Gasteiger partial charge in [0.2, 0.25) is 0 Å². The van der Waals surface area contributed by atoms with Crippen molar-refractivity contribution < 1.29 is 4.79 Å². The number of hydrogen-bond donors (Lipinski definition) is 1. The Balaban J connectivity index is 1.55.